The van der Waals surface area contributed by atoms with Gasteiger partial charge in [0.25, 0.3) is 0 Å². The van der Waals surface area contributed by atoms with Gasteiger partial charge in [-0.2, -0.15) is 0 Å². The SMILES string of the molecule is COc1ncccc1-c1cccc(N)c1NC(C)CCCCNC(=O)OC(C)(C)C. The van der Waals surface area contributed by atoms with E-state index in [1.165, 1.54) is 0 Å². The molecule has 0 aliphatic rings. The van der Waals surface area contributed by atoms with Crippen LogP contribution in [-0.4, -0.2) is 36.4 Å². The van der Waals surface area contributed by atoms with Crippen LogP contribution >= 0.6 is 0 Å². The lowest BCUT2D eigenvalue weighted by atomic mass is 10.0. The zero-order valence-electron chi connectivity index (χ0n) is 18.6. The van der Waals surface area contributed by atoms with Gasteiger partial charge in [0.2, 0.25) is 5.88 Å². The molecule has 0 saturated heterocycles. The number of amides is 1. The molecule has 1 heterocycles. The number of benzene rings is 1. The van der Waals surface area contributed by atoms with Crippen molar-refractivity contribution in [3.05, 3.63) is 36.5 Å². The number of nitrogens with two attached hydrogens (primary N) is 1. The lowest BCUT2D eigenvalue weighted by Crippen LogP contribution is -2.33. The molecule has 2 rings (SSSR count). The fourth-order valence-electron chi connectivity index (χ4n) is 3.11. The van der Waals surface area contributed by atoms with Crippen molar-refractivity contribution >= 4 is 17.5 Å². The van der Waals surface area contributed by atoms with Crippen LogP contribution in [0.2, 0.25) is 0 Å². The van der Waals surface area contributed by atoms with E-state index in [4.69, 9.17) is 15.2 Å². The van der Waals surface area contributed by atoms with Gasteiger partial charge in [-0.1, -0.05) is 12.1 Å². The number of para-hydroxylation sites is 1. The molecule has 30 heavy (non-hydrogen) atoms. The first-order valence-electron chi connectivity index (χ1n) is 10.3. The average molecular weight is 415 g/mol. The molecule has 1 aromatic carbocycles. The normalized spacial score (nSPS) is 12.2. The van der Waals surface area contributed by atoms with E-state index in [2.05, 4.69) is 22.5 Å². The highest BCUT2D eigenvalue weighted by molar-refractivity contribution is 5.88. The van der Waals surface area contributed by atoms with Crippen LogP contribution in [0, 0.1) is 0 Å². The molecular formula is C23H34N4O3. The Balaban J connectivity index is 1.91. The Kier molecular flexibility index (Phi) is 8.33. The molecule has 0 spiro atoms. The van der Waals surface area contributed by atoms with E-state index in [-0.39, 0.29) is 12.1 Å². The number of methoxy groups -OCH3 is 1. The van der Waals surface area contributed by atoms with Gasteiger partial charge in [-0.05, 0) is 65.2 Å². The highest BCUT2D eigenvalue weighted by Gasteiger charge is 2.16. The minimum atomic E-state index is -0.479. The number of hydrogen-bond acceptors (Lipinski definition) is 6. The summed E-state index contributed by atoms with van der Waals surface area (Å²) in [5.41, 5.74) is 9.20. The molecule has 1 atom stereocenters. The van der Waals surface area contributed by atoms with Crippen LogP contribution in [0.1, 0.15) is 47.0 Å². The predicted octanol–water partition coefficient (Wildman–Crippen LogP) is 4.83. The molecule has 1 amide bonds. The molecule has 0 aliphatic heterocycles. The molecule has 0 bridgehead atoms. The van der Waals surface area contributed by atoms with E-state index in [0.717, 1.165) is 36.1 Å². The first-order chi connectivity index (χ1) is 14.2. The Hall–Kier alpha value is -2.96. The van der Waals surface area contributed by atoms with Crippen molar-refractivity contribution in [1.29, 1.82) is 0 Å². The first-order valence-corrected chi connectivity index (χ1v) is 10.3. The molecule has 164 valence electrons. The Bertz CT molecular complexity index is 833. The lowest BCUT2D eigenvalue weighted by molar-refractivity contribution is 0.0527. The van der Waals surface area contributed by atoms with Crippen LogP contribution in [-0.2, 0) is 4.74 Å². The number of ether oxygens (including phenoxy) is 2. The highest BCUT2D eigenvalue weighted by atomic mass is 16.6. The summed E-state index contributed by atoms with van der Waals surface area (Å²) in [6.45, 7) is 8.27. The van der Waals surface area contributed by atoms with Crippen molar-refractivity contribution in [2.24, 2.45) is 0 Å². The van der Waals surface area contributed by atoms with Gasteiger partial charge in [-0.3, -0.25) is 0 Å². The number of anilines is 2. The van der Waals surface area contributed by atoms with Crippen molar-refractivity contribution in [1.82, 2.24) is 10.3 Å². The number of nitrogen functional groups attached to an aromatic ring is 1. The third-order valence-corrected chi connectivity index (χ3v) is 4.47. The lowest BCUT2D eigenvalue weighted by Gasteiger charge is -2.21. The van der Waals surface area contributed by atoms with Crippen LogP contribution in [0.25, 0.3) is 11.1 Å². The number of unbranched alkanes of at least 4 members (excludes halogenated alkanes) is 1. The molecule has 0 fully saturated rings. The maximum absolute atomic E-state index is 11.7. The summed E-state index contributed by atoms with van der Waals surface area (Å²) in [7, 11) is 1.61. The summed E-state index contributed by atoms with van der Waals surface area (Å²) in [5.74, 6) is 0.562. The molecule has 2 aromatic rings. The number of nitrogens with zero attached hydrogens (tertiary/aromatic N) is 1. The van der Waals surface area contributed by atoms with Gasteiger partial charge in [-0.15, -0.1) is 0 Å². The second-order valence-corrected chi connectivity index (χ2v) is 8.30. The summed E-state index contributed by atoms with van der Waals surface area (Å²) in [6.07, 6.45) is 4.10. The predicted molar refractivity (Wildman–Crippen MR) is 122 cm³/mol. The Labute approximate surface area is 179 Å². The number of aromatic nitrogens is 1. The van der Waals surface area contributed by atoms with Gasteiger partial charge in [0.15, 0.2) is 0 Å². The standard InChI is InChI=1S/C23H34N4O3/c1-16(10-6-7-14-26-22(28)30-23(2,3)4)27-20-17(11-8-13-19(20)24)18-12-9-15-25-21(18)29-5/h8-9,11-13,15-16,27H,6-7,10,14,24H2,1-5H3,(H,26,28). The van der Waals surface area contributed by atoms with Gasteiger partial charge in [0.1, 0.15) is 5.60 Å². The van der Waals surface area contributed by atoms with Crippen molar-refractivity contribution in [2.75, 3.05) is 24.7 Å². The maximum atomic E-state index is 11.7. The van der Waals surface area contributed by atoms with Gasteiger partial charge in [-0.25, -0.2) is 9.78 Å². The van der Waals surface area contributed by atoms with E-state index in [9.17, 15) is 4.79 Å². The van der Waals surface area contributed by atoms with Crippen molar-refractivity contribution in [3.8, 4) is 17.0 Å². The fraction of sp³-hybridized carbons (Fsp3) is 0.478. The number of nitrogens with one attached hydrogen (secondary N) is 2. The quantitative estimate of drug-likeness (QED) is 0.401. The molecule has 7 heteroatoms. The van der Waals surface area contributed by atoms with Crippen molar-refractivity contribution < 1.29 is 14.3 Å². The summed E-state index contributed by atoms with van der Waals surface area (Å²) in [5, 5.41) is 6.33. The van der Waals surface area contributed by atoms with Crippen LogP contribution < -0.4 is 21.1 Å². The molecule has 1 aromatic heterocycles. The first kappa shape index (κ1) is 23.3. The second-order valence-electron chi connectivity index (χ2n) is 8.30. The Morgan fingerprint density at radius 2 is 1.90 bits per heavy atom. The van der Waals surface area contributed by atoms with Gasteiger partial charge in [0, 0.05) is 29.9 Å². The summed E-state index contributed by atoms with van der Waals surface area (Å²) >= 11 is 0. The average Bonchev–Trinajstić information content (AvgIpc) is 2.68. The zero-order chi connectivity index (χ0) is 22.1. The molecule has 0 saturated carbocycles. The topological polar surface area (TPSA) is 98.5 Å². The van der Waals surface area contributed by atoms with E-state index < -0.39 is 5.60 Å². The molecule has 4 N–H and O–H groups in total. The molecule has 0 radical (unpaired) electrons. The summed E-state index contributed by atoms with van der Waals surface area (Å²) in [4.78, 5) is 16.0. The number of hydrogen-bond donors (Lipinski definition) is 3. The Morgan fingerprint density at radius 3 is 2.60 bits per heavy atom. The van der Waals surface area contributed by atoms with Crippen LogP contribution in [0.4, 0.5) is 16.2 Å². The summed E-state index contributed by atoms with van der Waals surface area (Å²) in [6, 6.07) is 9.87. The minimum absolute atomic E-state index is 0.206. The number of pyridine rings is 1. The molecule has 7 nitrogen and oxygen atoms in total. The van der Waals surface area contributed by atoms with Gasteiger partial charge < -0.3 is 25.8 Å². The third kappa shape index (κ3) is 7.13. The monoisotopic (exact) mass is 414 g/mol. The molecule has 0 aliphatic carbocycles. The van der Waals surface area contributed by atoms with Crippen LogP contribution in [0.5, 0.6) is 5.88 Å². The Morgan fingerprint density at radius 1 is 1.17 bits per heavy atom. The van der Waals surface area contributed by atoms with Crippen LogP contribution in [0.15, 0.2) is 36.5 Å². The zero-order valence-corrected chi connectivity index (χ0v) is 18.6. The maximum Gasteiger partial charge on any atom is 0.407 e. The molecule has 1 unspecified atom stereocenters. The van der Waals surface area contributed by atoms with Crippen LogP contribution in [0.3, 0.4) is 0 Å². The minimum Gasteiger partial charge on any atom is -0.481 e. The smallest absolute Gasteiger partial charge is 0.407 e. The third-order valence-electron chi connectivity index (χ3n) is 4.47. The van der Waals surface area contributed by atoms with E-state index in [1.807, 2.05) is 51.1 Å². The number of rotatable bonds is 9. The fourth-order valence-corrected chi connectivity index (χ4v) is 3.11. The largest absolute Gasteiger partial charge is 0.481 e. The van der Waals surface area contributed by atoms with Gasteiger partial charge >= 0.3 is 6.09 Å². The number of carbonyl (C=O) groups excluding carboxylic acids is 1. The number of alkyl carbamates (subject to hydrolysis) is 1. The van der Waals surface area contributed by atoms with E-state index in [0.29, 0.717) is 18.1 Å². The van der Waals surface area contributed by atoms with E-state index in [1.54, 1.807) is 13.3 Å². The van der Waals surface area contributed by atoms with Gasteiger partial charge in [0.05, 0.1) is 18.5 Å². The van der Waals surface area contributed by atoms with Crippen molar-refractivity contribution in [2.45, 2.75) is 58.6 Å². The molecular weight excluding hydrogens is 380 g/mol. The van der Waals surface area contributed by atoms with Crippen molar-refractivity contribution in [3.63, 3.8) is 0 Å². The van der Waals surface area contributed by atoms with E-state index >= 15 is 0 Å². The second kappa shape index (κ2) is 10.7. The number of carbonyl (C=O) groups is 1. The summed E-state index contributed by atoms with van der Waals surface area (Å²) < 4.78 is 10.7. The highest BCUT2D eigenvalue weighted by Crippen LogP contribution is 2.37.